The maximum absolute atomic E-state index is 13.5. The standard InChI is InChI=1S/C25H33N3O3/c1-3-4-10-22-26-24(30)23(21(16-29)28(22)17(2)18-11-12-18)25(31)27-14-13-20(15-27)19-8-6-5-7-9-19/h5-9,16-18,20-21,30H,3-4,10-15H2,1-2H3/t17-,20-,21?/m0/s1. The Hall–Kier alpha value is -2.63. The lowest BCUT2D eigenvalue weighted by atomic mass is 9.98. The minimum Gasteiger partial charge on any atom is -0.493 e. The number of unbranched alkanes of at least 4 members (excludes halogenated alkanes) is 1. The molecule has 1 unspecified atom stereocenters. The third-order valence-corrected chi connectivity index (χ3v) is 6.97. The molecule has 0 spiro atoms. The van der Waals surface area contributed by atoms with E-state index in [0.29, 0.717) is 25.4 Å². The monoisotopic (exact) mass is 423 g/mol. The number of amidine groups is 1. The highest BCUT2D eigenvalue weighted by Gasteiger charge is 2.44. The number of rotatable bonds is 8. The highest BCUT2D eigenvalue weighted by Crippen LogP contribution is 2.39. The first-order valence-electron chi connectivity index (χ1n) is 11.6. The quantitative estimate of drug-likeness (QED) is 0.641. The molecule has 0 radical (unpaired) electrons. The number of carbonyl (C=O) groups is 2. The molecule has 2 aliphatic heterocycles. The van der Waals surface area contributed by atoms with Gasteiger partial charge in [-0.3, -0.25) is 4.79 Å². The third-order valence-electron chi connectivity index (χ3n) is 6.97. The Morgan fingerprint density at radius 3 is 2.65 bits per heavy atom. The molecule has 3 aliphatic rings. The van der Waals surface area contributed by atoms with E-state index in [9.17, 15) is 14.7 Å². The summed E-state index contributed by atoms with van der Waals surface area (Å²) in [4.78, 5) is 34.0. The molecule has 4 rings (SSSR count). The van der Waals surface area contributed by atoms with Gasteiger partial charge in [-0.05, 0) is 44.1 Å². The number of aliphatic imine (C=N–C) groups is 1. The van der Waals surface area contributed by atoms with Crippen molar-refractivity contribution in [2.24, 2.45) is 10.9 Å². The van der Waals surface area contributed by atoms with Crippen molar-refractivity contribution in [3.8, 4) is 0 Å². The van der Waals surface area contributed by atoms with E-state index in [1.165, 1.54) is 5.56 Å². The Balaban J connectivity index is 1.59. The molecule has 1 saturated heterocycles. The van der Waals surface area contributed by atoms with Crippen LogP contribution in [0.3, 0.4) is 0 Å². The molecule has 31 heavy (non-hydrogen) atoms. The van der Waals surface area contributed by atoms with Gasteiger partial charge in [-0.2, -0.15) is 0 Å². The van der Waals surface area contributed by atoms with E-state index < -0.39 is 6.04 Å². The number of hydrogen-bond acceptors (Lipinski definition) is 5. The summed E-state index contributed by atoms with van der Waals surface area (Å²) in [5.74, 6) is 0.974. The largest absolute Gasteiger partial charge is 0.493 e. The second kappa shape index (κ2) is 9.25. The van der Waals surface area contributed by atoms with Crippen molar-refractivity contribution in [2.45, 2.75) is 70.4 Å². The zero-order valence-electron chi connectivity index (χ0n) is 18.5. The first-order chi connectivity index (χ1) is 15.0. The number of aliphatic hydroxyl groups excluding tert-OH is 1. The average Bonchev–Trinajstić information content (AvgIpc) is 3.53. The third kappa shape index (κ3) is 4.39. The van der Waals surface area contributed by atoms with Crippen LogP contribution < -0.4 is 0 Å². The van der Waals surface area contributed by atoms with Gasteiger partial charge in [-0.1, -0.05) is 43.7 Å². The summed E-state index contributed by atoms with van der Waals surface area (Å²) >= 11 is 0. The zero-order chi connectivity index (χ0) is 22.0. The number of aldehydes is 1. The number of aliphatic hydroxyl groups is 1. The van der Waals surface area contributed by atoms with Gasteiger partial charge in [0.1, 0.15) is 23.7 Å². The lowest BCUT2D eigenvalue weighted by Gasteiger charge is -2.40. The molecule has 1 aromatic rings. The van der Waals surface area contributed by atoms with E-state index in [1.807, 2.05) is 23.1 Å². The van der Waals surface area contributed by atoms with Crippen LogP contribution in [-0.4, -0.2) is 58.1 Å². The maximum atomic E-state index is 13.5. The first kappa shape index (κ1) is 21.6. The molecule has 3 atom stereocenters. The van der Waals surface area contributed by atoms with Crippen LogP contribution in [0.1, 0.15) is 63.9 Å². The van der Waals surface area contributed by atoms with Crippen LogP contribution in [0.25, 0.3) is 0 Å². The molecule has 166 valence electrons. The highest BCUT2D eigenvalue weighted by atomic mass is 16.3. The summed E-state index contributed by atoms with van der Waals surface area (Å²) in [5.41, 5.74) is 1.35. The van der Waals surface area contributed by atoms with Crippen molar-refractivity contribution in [1.29, 1.82) is 0 Å². The fourth-order valence-corrected chi connectivity index (χ4v) is 4.95. The molecule has 0 aromatic heterocycles. The Morgan fingerprint density at radius 1 is 1.26 bits per heavy atom. The van der Waals surface area contributed by atoms with Gasteiger partial charge in [0.05, 0.1) is 0 Å². The number of amides is 1. The number of hydrogen-bond donors (Lipinski definition) is 1. The van der Waals surface area contributed by atoms with E-state index in [1.54, 1.807) is 4.90 Å². The van der Waals surface area contributed by atoms with Crippen molar-refractivity contribution in [2.75, 3.05) is 13.1 Å². The molecule has 0 bridgehead atoms. The van der Waals surface area contributed by atoms with Gasteiger partial charge in [-0.25, -0.2) is 4.99 Å². The van der Waals surface area contributed by atoms with Crippen LogP contribution in [0.4, 0.5) is 0 Å². The molecule has 1 N–H and O–H groups in total. The van der Waals surface area contributed by atoms with E-state index in [-0.39, 0.29) is 29.3 Å². The summed E-state index contributed by atoms with van der Waals surface area (Å²) < 4.78 is 0. The van der Waals surface area contributed by atoms with E-state index >= 15 is 0 Å². The first-order valence-corrected chi connectivity index (χ1v) is 11.6. The number of nitrogens with zero attached hydrogens (tertiary/aromatic N) is 3. The summed E-state index contributed by atoms with van der Waals surface area (Å²) in [6.07, 6.45) is 6.59. The van der Waals surface area contributed by atoms with Crippen molar-refractivity contribution in [3.05, 3.63) is 47.4 Å². The molecule has 1 aliphatic carbocycles. The van der Waals surface area contributed by atoms with Gasteiger partial charge >= 0.3 is 0 Å². The van der Waals surface area contributed by atoms with Crippen LogP contribution in [0, 0.1) is 5.92 Å². The summed E-state index contributed by atoms with van der Waals surface area (Å²) in [6.45, 7) is 5.43. The van der Waals surface area contributed by atoms with Crippen molar-refractivity contribution < 1.29 is 14.7 Å². The maximum Gasteiger partial charge on any atom is 0.257 e. The van der Waals surface area contributed by atoms with Crippen LogP contribution in [0.5, 0.6) is 0 Å². The molecule has 1 amide bonds. The molecule has 6 nitrogen and oxygen atoms in total. The predicted molar refractivity (Wildman–Crippen MR) is 121 cm³/mol. The molecule has 2 fully saturated rings. The summed E-state index contributed by atoms with van der Waals surface area (Å²) in [6, 6.07) is 9.55. The van der Waals surface area contributed by atoms with Crippen molar-refractivity contribution >= 4 is 18.0 Å². The van der Waals surface area contributed by atoms with Gasteiger partial charge in [-0.15, -0.1) is 0 Å². The number of likely N-dealkylation sites (tertiary alicyclic amines) is 1. The second-order valence-electron chi connectivity index (χ2n) is 9.08. The second-order valence-corrected chi connectivity index (χ2v) is 9.08. The van der Waals surface area contributed by atoms with E-state index in [0.717, 1.165) is 44.2 Å². The molecular weight excluding hydrogens is 390 g/mol. The number of carbonyl (C=O) groups excluding carboxylic acids is 2. The molecule has 2 heterocycles. The Morgan fingerprint density at radius 2 is 2.00 bits per heavy atom. The fraction of sp³-hybridized carbons (Fsp3) is 0.560. The minimum atomic E-state index is -0.775. The SMILES string of the molecule is CCCCC1=NC(O)=C(C(=O)N2CC[C@H](c3ccccc3)C2)C(C=O)N1[C@@H](C)C1CC1. The topological polar surface area (TPSA) is 73.2 Å². The normalized spacial score (nSPS) is 24.9. The van der Waals surface area contributed by atoms with Crippen LogP contribution in [0.2, 0.25) is 0 Å². The van der Waals surface area contributed by atoms with Crippen molar-refractivity contribution in [1.82, 2.24) is 9.80 Å². The Labute approximate surface area is 184 Å². The molecule has 6 heteroatoms. The van der Waals surface area contributed by atoms with Gasteiger partial charge in [0.25, 0.3) is 5.91 Å². The van der Waals surface area contributed by atoms with Crippen LogP contribution in [0.15, 0.2) is 46.8 Å². The van der Waals surface area contributed by atoms with Crippen LogP contribution >= 0.6 is 0 Å². The Bertz CT molecular complexity index is 875. The summed E-state index contributed by atoms with van der Waals surface area (Å²) in [7, 11) is 0. The fourth-order valence-electron chi connectivity index (χ4n) is 4.95. The molecule has 1 aromatic carbocycles. The van der Waals surface area contributed by atoms with Gasteiger partial charge in [0, 0.05) is 31.5 Å². The van der Waals surface area contributed by atoms with Crippen molar-refractivity contribution in [3.63, 3.8) is 0 Å². The molecular formula is C25H33N3O3. The summed E-state index contributed by atoms with van der Waals surface area (Å²) in [5, 5.41) is 10.8. The van der Waals surface area contributed by atoms with Gasteiger partial charge in [0.15, 0.2) is 0 Å². The van der Waals surface area contributed by atoms with E-state index in [4.69, 9.17) is 0 Å². The lowest BCUT2D eigenvalue weighted by Crippen LogP contribution is -2.53. The highest BCUT2D eigenvalue weighted by molar-refractivity contribution is 6.02. The molecule has 1 saturated carbocycles. The predicted octanol–water partition coefficient (Wildman–Crippen LogP) is 4.04. The van der Waals surface area contributed by atoms with Gasteiger partial charge < -0.3 is 19.7 Å². The van der Waals surface area contributed by atoms with Gasteiger partial charge in [0.2, 0.25) is 5.88 Å². The Kier molecular flexibility index (Phi) is 6.44. The van der Waals surface area contributed by atoms with Crippen LogP contribution in [-0.2, 0) is 9.59 Å². The van der Waals surface area contributed by atoms with E-state index in [2.05, 4.69) is 31.0 Å². The zero-order valence-corrected chi connectivity index (χ0v) is 18.5. The average molecular weight is 424 g/mol. The minimum absolute atomic E-state index is 0.123. The smallest absolute Gasteiger partial charge is 0.257 e. The lowest BCUT2D eigenvalue weighted by molar-refractivity contribution is -0.128. The number of benzene rings is 1.